The fourth-order valence-electron chi connectivity index (χ4n) is 1.69. The predicted molar refractivity (Wildman–Crippen MR) is 71.1 cm³/mol. The molecule has 4 nitrogen and oxygen atoms in total. The van der Waals surface area contributed by atoms with Crippen molar-refractivity contribution < 1.29 is 9.59 Å². The average molecular weight is 258 g/mol. The molecule has 0 atom stereocenters. The van der Waals surface area contributed by atoms with Gasteiger partial charge in [-0.3, -0.25) is 9.59 Å². The van der Waals surface area contributed by atoms with Crippen molar-refractivity contribution in [2.45, 2.75) is 39.2 Å². The topological polar surface area (TPSA) is 49.4 Å². The van der Waals surface area contributed by atoms with E-state index in [1.165, 1.54) is 4.90 Å². The maximum atomic E-state index is 11.9. The lowest BCUT2D eigenvalue weighted by Gasteiger charge is -2.20. The minimum atomic E-state index is -0.105. The Hall–Kier alpha value is -0.710. The molecule has 1 saturated carbocycles. The largest absolute Gasteiger partial charge is 0.352 e. The second-order valence-corrected chi connectivity index (χ2v) is 5.62. The van der Waals surface area contributed by atoms with Crippen LogP contribution in [0.4, 0.5) is 0 Å². The summed E-state index contributed by atoms with van der Waals surface area (Å²) < 4.78 is 0. The molecule has 0 radical (unpaired) electrons. The molecule has 1 aliphatic carbocycles. The van der Waals surface area contributed by atoms with Crippen LogP contribution in [-0.4, -0.2) is 42.1 Å². The lowest BCUT2D eigenvalue weighted by molar-refractivity contribution is -0.135. The molecule has 5 heteroatoms. The fourth-order valence-corrected chi connectivity index (χ4v) is 2.12. The highest BCUT2D eigenvalue weighted by Crippen LogP contribution is 2.49. The average Bonchev–Trinajstić information content (AvgIpc) is 2.97. The van der Waals surface area contributed by atoms with Gasteiger partial charge in [-0.1, -0.05) is 0 Å². The Kier molecular flexibility index (Phi) is 4.86. The van der Waals surface area contributed by atoms with Crippen LogP contribution in [0.15, 0.2) is 0 Å². The van der Waals surface area contributed by atoms with Gasteiger partial charge in [0.2, 0.25) is 11.8 Å². The number of hydrogen-bond donors (Lipinski definition) is 2. The monoisotopic (exact) mass is 258 g/mol. The van der Waals surface area contributed by atoms with E-state index in [2.05, 4.69) is 17.9 Å². The van der Waals surface area contributed by atoms with Crippen molar-refractivity contribution >= 4 is 24.4 Å². The van der Waals surface area contributed by atoms with Crippen molar-refractivity contribution in [2.75, 3.05) is 19.3 Å². The van der Waals surface area contributed by atoms with Gasteiger partial charge >= 0.3 is 0 Å². The van der Waals surface area contributed by atoms with Crippen molar-refractivity contribution in [1.82, 2.24) is 10.2 Å². The van der Waals surface area contributed by atoms with E-state index in [-0.39, 0.29) is 29.8 Å². The van der Waals surface area contributed by atoms with E-state index in [4.69, 9.17) is 0 Å². The van der Waals surface area contributed by atoms with Gasteiger partial charge in [0.1, 0.15) is 0 Å². The van der Waals surface area contributed by atoms with Gasteiger partial charge in [-0.25, -0.2) is 0 Å². The highest BCUT2D eigenvalue weighted by atomic mass is 32.1. The number of likely N-dealkylation sites (N-methyl/N-ethyl adjacent to an activating group) is 1. The summed E-state index contributed by atoms with van der Waals surface area (Å²) in [5.74, 6) is 0.687. The first-order chi connectivity index (χ1) is 7.88. The third-order valence-electron chi connectivity index (χ3n) is 3.07. The van der Waals surface area contributed by atoms with E-state index >= 15 is 0 Å². The summed E-state index contributed by atoms with van der Waals surface area (Å²) in [5, 5.41) is 2.77. The number of nitrogens with zero attached hydrogens (tertiary/aromatic N) is 1. The van der Waals surface area contributed by atoms with Crippen LogP contribution >= 0.6 is 12.6 Å². The number of carbonyl (C=O) groups excluding carboxylic acids is 2. The summed E-state index contributed by atoms with van der Waals surface area (Å²) in [6, 6.07) is 0.109. The summed E-state index contributed by atoms with van der Waals surface area (Å²) >= 11 is 4.27. The van der Waals surface area contributed by atoms with E-state index in [1.54, 1.807) is 7.05 Å². The van der Waals surface area contributed by atoms with Crippen LogP contribution in [0.2, 0.25) is 0 Å². The lowest BCUT2D eigenvalue weighted by Crippen LogP contribution is -2.41. The molecule has 17 heavy (non-hydrogen) atoms. The first-order valence-electron chi connectivity index (χ1n) is 6.03. The number of carbonyl (C=O) groups is 2. The van der Waals surface area contributed by atoms with E-state index in [0.29, 0.717) is 6.42 Å². The highest BCUT2D eigenvalue weighted by Gasteiger charge is 2.43. The second-order valence-electron chi connectivity index (χ2n) is 5.31. The molecule has 0 aromatic carbocycles. The molecule has 1 aliphatic rings. The highest BCUT2D eigenvalue weighted by molar-refractivity contribution is 7.80. The summed E-state index contributed by atoms with van der Waals surface area (Å²) in [6.07, 6.45) is 2.67. The van der Waals surface area contributed by atoms with Crippen LogP contribution in [0.3, 0.4) is 0 Å². The minimum Gasteiger partial charge on any atom is -0.352 e. The van der Waals surface area contributed by atoms with Gasteiger partial charge in [0.15, 0.2) is 0 Å². The quantitative estimate of drug-likeness (QED) is 0.700. The maximum Gasteiger partial charge on any atom is 0.239 e. The molecule has 0 heterocycles. The number of amides is 2. The molecular formula is C12H22N2O2S. The SMILES string of the molecule is CC(C)NC(=O)CN(C)C(=O)CC1(CS)CC1. The molecule has 2 amide bonds. The Morgan fingerprint density at radius 2 is 2.00 bits per heavy atom. The van der Waals surface area contributed by atoms with Gasteiger partial charge in [-0.2, -0.15) is 12.6 Å². The zero-order chi connectivity index (χ0) is 13.1. The maximum absolute atomic E-state index is 11.9. The normalized spacial score (nSPS) is 16.8. The van der Waals surface area contributed by atoms with E-state index < -0.39 is 0 Å². The van der Waals surface area contributed by atoms with Gasteiger partial charge in [0.25, 0.3) is 0 Å². The number of hydrogen-bond acceptors (Lipinski definition) is 3. The first kappa shape index (κ1) is 14.4. The third-order valence-corrected chi connectivity index (χ3v) is 3.75. The van der Waals surface area contributed by atoms with Crippen LogP contribution in [0.1, 0.15) is 33.1 Å². The first-order valence-corrected chi connectivity index (χ1v) is 6.66. The Morgan fingerprint density at radius 1 is 1.41 bits per heavy atom. The van der Waals surface area contributed by atoms with E-state index in [0.717, 1.165) is 18.6 Å². The van der Waals surface area contributed by atoms with Crippen LogP contribution in [0.5, 0.6) is 0 Å². The molecule has 1 rings (SSSR count). The van der Waals surface area contributed by atoms with Crippen molar-refractivity contribution in [1.29, 1.82) is 0 Å². The standard InChI is InChI=1S/C12H22N2O2S/c1-9(2)13-10(15)7-14(3)11(16)6-12(8-17)4-5-12/h9,17H,4-8H2,1-3H3,(H,13,15). The van der Waals surface area contributed by atoms with Gasteiger partial charge < -0.3 is 10.2 Å². The van der Waals surface area contributed by atoms with Crippen molar-refractivity contribution in [3.05, 3.63) is 0 Å². The summed E-state index contributed by atoms with van der Waals surface area (Å²) in [6.45, 7) is 3.94. The smallest absolute Gasteiger partial charge is 0.239 e. The number of rotatable bonds is 6. The zero-order valence-corrected chi connectivity index (χ0v) is 11.7. The third kappa shape index (κ3) is 4.58. The summed E-state index contributed by atoms with van der Waals surface area (Å²) in [5.41, 5.74) is 0.114. The molecule has 0 spiro atoms. The number of thiol groups is 1. The molecule has 0 aliphatic heterocycles. The molecule has 98 valence electrons. The zero-order valence-electron chi connectivity index (χ0n) is 10.8. The molecule has 0 aromatic heterocycles. The van der Waals surface area contributed by atoms with Gasteiger partial charge in [0.05, 0.1) is 6.54 Å². The molecule has 0 aromatic rings. The summed E-state index contributed by atoms with van der Waals surface area (Å²) in [7, 11) is 1.68. The lowest BCUT2D eigenvalue weighted by atomic mass is 10.0. The molecule has 0 unspecified atom stereocenters. The molecule has 1 N–H and O–H groups in total. The van der Waals surface area contributed by atoms with Crippen LogP contribution in [-0.2, 0) is 9.59 Å². The predicted octanol–water partition coefficient (Wildman–Crippen LogP) is 1.07. The van der Waals surface area contributed by atoms with E-state index in [9.17, 15) is 9.59 Å². The Balaban J connectivity index is 2.34. The van der Waals surface area contributed by atoms with Crippen molar-refractivity contribution in [3.8, 4) is 0 Å². The molecular weight excluding hydrogens is 236 g/mol. The van der Waals surface area contributed by atoms with Crippen LogP contribution < -0.4 is 5.32 Å². The van der Waals surface area contributed by atoms with Crippen LogP contribution in [0, 0.1) is 5.41 Å². The Morgan fingerprint density at radius 3 is 2.41 bits per heavy atom. The van der Waals surface area contributed by atoms with Crippen molar-refractivity contribution in [2.24, 2.45) is 5.41 Å². The minimum absolute atomic E-state index is 0.0375. The summed E-state index contributed by atoms with van der Waals surface area (Å²) in [4.78, 5) is 24.9. The Labute approximate surface area is 109 Å². The second kappa shape index (κ2) is 5.76. The Bertz CT molecular complexity index is 301. The van der Waals surface area contributed by atoms with Gasteiger partial charge in [-0.05, 0) is 37.9 Å². The van der Waals surface area contributed by atoms with E-state index in [1.807, 2.05) is 13.8 Å². The van der Waals surface area contributed by atoms with Crippen molar-refractivity contribution in [3.63, 3.8) is 0 Å². The van der Waals surface area contributed by atoms with Gasteiger partial charge in [-0.15, -0.1) is 0 Å². The fraction of sp³-hybridized carbons (Fsp3) is 0.833. The molecule has 0 saturated heterocycles. The van der Waals surface area contributed by atoms with Gasteiger partial charge in [0, 0.05) is 19.5 Å². The molecule has 0 bridgehead atoms. The van der Waals surface area contributed by atoms with Crippen LogP contribution in [0.25, 0.3) is 0 Å². The molecule has 1 fully saturated rings. The number of nitrogens with one attached hydrogen (secondary N) is 1.